The summed E-state index contributed by atoms with van der Waals surface area (Å²) in [6, 6.07) is 5.22. The third-order valence-electron chi connectivity index (χ3n) is 1.90. The molecule has 14 heavy (non-hydrogen) atoms. The van der Waals surface area contributed by atoms with Gasteiger partial charge in [0.2, 0.25) is 0 Å². The summed E-state index contributed by atoms with van der Waals surface area (Å²) in [5, 5.41) is 3.45. The lowest BCUT2D eigenvalue weighted by Gasteiger charge is -2.09. The molecule has 0 saturated heterocycles. The molecule has 0 radical (unpaired) electrons. The minimum absolute atomic E-state index is 0.0862. The van der Waals surface area contributed by atoms with E-state index in [0.717, 1.165) is 0 Å². The highest BCUT2D eigenvalue weighted by molar-refractivity contribution is 6.34. The van der Waals surface area contributed by atoms with Gasteiger partial charge in [-0.05, 0) is 24.6 Å². The number of carbonyl (C=O) groups is 1. The highest BCUT2D eigenvalue weighted by atomic mass is 35.5. The Balaban J connectivity index is 3.27. The van der Waals surface area contributed by atoms with Crippen LogP contribution in [0, 0.1) is 0 Å². The maximum Gasteiger partial charge on any atom is 0.190 e. The smallest absolute Gasteiger partial charge is 0.190 e. The van der Waals surface area contributed by atoms with Gasteiger partial charge in [-0.3, -0.25) is 4.79 Å². The van der Waals surface area contributed by atoms with E-state index >= 15 is 0 Å². The Morgan fingerprint density at radius 2 is 2.14 bits per heavy atom. The summed E-state index contributed by atoms with van der Waals surface area (Å²) in [6.45, 7) is 5.30. The minimum atomic E-state index is -0.0862. The van der Waals surface area contributed by atoms with Crippen LogP contribution in [0.15, 0.2) is 30.4 Å². The van der Waals surface area contributed by atoms with E-state index in [1.807, 2.05) is 0 Å². The zero-order chi connectivity index (χ0) is 10.7. The van der Waals surface area contributed by atoms with Crippen LogP contribution in [0.25, 0.3) is 0 Å². The molecule has 2 nitrogen and oxygen atoms in total. The number of nitrogens with one attached hydrogen (secondary N) is 1. The first-order chi connectivity index (χ1) is 6.57. The minimum Gasteiger partial charge on any atom is -0.386 e. The molecule has 0 amide bonds. The number of rotatable bonds is 3. The number of carbonyl (C=O) groups excluding carboxylic acids is 1. The van der Waals surface area contributed by atoms with Crippen LogP contribution in [0.3, 0.4) is 0 Å². The molecule has 0 aliphatic heterocycles. The second kappa shape index (κ2) is 4.29. The Hall–Kier alpha value is -1.28. The van der Waals surface area contributed by atoms with E-state index in [9.17, 15) is 4.79 Å². The van der Waals surface area contributed by atoms with Gasteiger partial charge in [0.1, 0.15) is 0 Å². The van der Waals surface area contributed by atoms with Crippen LogP contribution in [0.1, 0.15) is 17.3 Å². The number of ketones is 1. The molecule has 74 valence electrons. The predicted octanol–water partition coefficient (Wildman–Crippen LogP) is 3.14. The molecule has 0 atom stereocenters. The highest BCUT2D eigenvalue weighted by Crippen LogP contribution is 2.26. The molecule has 0 aliphatic rings. The Morgan fingerprint density at radius 3 is 2.64 bits per heavy atom. The standard InChI is InChI=1S/C11H12ClNO/c1-7(2)11(14)8-5-4-6-9(12)10(8)13-3/h4-6,13H,1H2,2-3H3. The van der Waals surface area contributed by atoms with Gasteiger partial charge >= 0.3 is 0 Å². The van der Waals surface area contributed by atoms with Crippen molar-refractivity contribution in [1.29, 1.82) is 0 Å². The Labute approximate surface area is 88.6 Å². The molecule has 1 aromatic carbocycles. The van der Waals surface area contributed by atoms with Crippen molar-refractivity contribution in [2.75, 3.05) is 12.4 Å². The van der Waals surface area contributed by atoms with Crippen LogP contribution in [-0.2, 0) is 0 Å². The summed E-state index contributed by atoms with van der Waals surface area (Å²) < 4.78 is 0. The number of allylic oxidation sites excluding steroid dienone is 1. The van der Waals surface area contributed by atoms with Crippen molar-refractivity contribution in [2.24, 2.45) is 0 Å². The largest absolute Gasteiger partial charge is 0.386 e. The number of anilines is 1. The molecule has 0 spiro atoms. The number of halogens is 1. The van der Waals surface area contributed by atoms with Gasteiger partial charge in [0.15, 0.2) is 5.78 Å². The third kappa shape index (κ3) is 1.96. The van der Waals surface area contributed by atoms with Gasteiger partial charge in [0.25, 0.3) is 0 Å². The van der Waals surface area contributed by atoms with Crippen LogP contribution in [0.2, 0.25) is 5.02 Å². The van der Waals surface area contributed by atoms with Crippen molar-refractivity contribution in [3.63, 3.8) is 0 Å². The molecular weight excluding hydrogens is 198 g/mol. The quantitative estimate of drug-likeness (QED) is 0.612. The SMILES string of the molecule is C=C(C)C(=O)c1cccc(Cl)c1NC. The lowest BCUT2D eigenvalue weighted by molar-refractivity contribution is 0.103. The maximum absolute atomic E-state index is 11.7. The molecule has 0 heterocycles. The van der Waals surface area contributed by atoms with Crippen molar-refractivity contribution in [3.8, 4) is 0 Å². The first kappa shape index (κ1) is 10.8. The third-order valence-corrected chi connectivity index (χ3v) is 2.21. The normalized spacial score (nSPS) is 9.64. The Kier molecular flexibility index (Phi) is 3.31. The topological polar surface area (TPSA) is 29.1 Å². The molecule has 0 aromatic heterocycles. The predicted molar refractivity (Wildman–Crippen MR) is 60.1 cm³/mol. The average molecular weight is 210 g/mol. The molecule has 0 fully saturated rings. The van der Waals surface area contributed by atoms with Crippen LogP contribution >= 0.6 is 11.6 Å². The molecule has 1 aromatic rings. The number of hydrogen-bond acceptors (Lipinski definition) is 2. The highest BCUT2D eigenvalue weighted by Gasteiger charge is 2.12. The summed E-state index contributed by atoms with van der Waals surface area (Å²) in [4.78, 5) is 11.7. The fourth-order valence-electron chi connectivity index (χ4n) is 1.20. The van der Waals surface area contributed by atoms with E-state index in [1.54, 1.807) is 32.2 Å². The average Bonchev–Trinajstić information content (AvgIpc) is 2.16. The summed E-state index contributed by atoms with van der Waals surface area (Å²) in [5.41, 5.74) is 1.72. The number of para-hydroxylation sites is 1. The van der Waals surface area contributed by atoms with E-state index < -0.39 is 0 Å². The van der Waals surface area contributed by atoms with Crippen molar-refractivity contribution in [3.05, 3.63) is 40.9 Å². The molecule has 3 heteroatoms. The van der Waals surface area contributed by atoms with Gasteiger partial charge in [0, 0.05) is 12.6 Å². The maximum atomic E-state index is 11.7. The molecule has 1 N–H and O–H groups in total. The molecule has 0 unspecified atom stereocenters. The number of Topliss-reactive ketones (excluding diaryl/α,β-unsaturated/α-hetero) is 1. The van der Waals surface area contributed by atoms with Gasteiger partial charge < -0.3 is 5.32 Å². The Morgan fingerprint density at radius 1 is 1.50 bits per heavy atom. The molecule has 0 aliphatic carbocycles. The molecular formula is C11H12ClNO. The van der Waals surface area contributed by atoms with E-state index in [2.05, 4.69) is 11.9 Å². The van der Waals surface area contributed by atoms with Crippen LogP contribution < -0.4 is 5.32 Å². The Bertz CT molecular complexity index is 385. The van der Waals surface area contributed by atoms with Gasteiger partial charge in [-0.1, -0.05) is 24.2 Å². The van der Waals surface area contributed by atoms with E-state index in [4.69, 9.17) is 11.6 Å². The van der Waals surface area contributed by atoms with Crippen LogP contribution in [0.5, 0.6) is 0 Å². The first-order valence-electron chi connectivity index (χ1n) is 4.24. The molecule has 0 bridgehead atoms. The summed E-state index contributed by atoms with van der Waals surface area (Å²) >= 11 is 5.93. The van der Waals surface area contributed by atoms with Gasteiger partial charge in [-0.15, -0.1) is 0 Å². The van der Waals surface area contributed by atoms with Crippen LogP contribution in [-0.4, -0.2) is 12.8 Å². The van der Waals surface area contributed by atoms with E-state index in [-0.39, 0.29) is 5.78 Å². The zero-order valence-corrected chi connectivity index (χ0v) is 8.98. The van der Waals surface area contributed by atoms with Crippen molar-refractivity contribution in [1.82, 2.24) is 0 Å². The lowest BCUT2D eigenvalue weighted by Crippen LogP contribution is -2.04. The van der Waals surface area contributed by atoms with Crippen molar-refractivity contribution < 1.29 is 4.79 Å². The first-order valence-corrected chi connectivity index (χ1v) is 4.62. The van der Waals surface area contributed by atoms with E-state index in [1.165, 1.54) is 0 Å². The van der Waals surface area contributed by atoms with Gasteiger partial charge in [-0.25, -0.2) is 0 Å². The van der Waals surface area contributed by atoms with Gasteiger partial charge in [-0.2, -0.15) is 0 Å². The van der Waals surface area contributed by atoms with Crippen molar-refractivity contribution >= 4 is 23.1 Å². The fourth-order valence-corrected chi connectivity index (χ4v) is 1.47. The van der Waals surface area contributed by atoms with Crippen molar-refractivity contribution in [2.45, 2.75) is 6.92 Å². The number of benzene rings is 1. The van der Waals surface area contributed by atoms with Gasteiger partial charge in [0.05, 0.1) is 10.7 Å². The van der Waals surface area contributed by atoms with E-state index in [0.29, 0.717) is 21.8 Å². The fraction of sp³-hybridized carbons (Fsp3) is 0.182. The molecule has 0 saturated carbocycles. The number of hydrogen-bond donors (Lipinski definition) is 1. The zero-order valence-electron chi connectivity index (χ0n) is 8.23. The second-order valence-corrected chi connectivity index (χ2v) is 3.43. The lowest BCUT2D eigenvalue weighted by atomic mass is 10.0. The monoisotopic (exact) mass is 209 g/mol. The second-order valence-electron chi connectivity index (χ2n) is 3.02. The molecule has 1 rings (SSSR count). The summed E-state index contributed by atoms with van der Waals surface area (Å²) in [5.74, 6) is -0.0862. The summed E-state index contributed by atoms with van der Waals surface area (Å²) in [7, 11) is 1.73. The summed E-state index contributed by atoms with van der Waals surface area (Å²) in [6.07, 6.45) is 0. The van der Waals surface area contributed by atoms with Crippen LogP contribution in [0.4, 0.5) is 5.69 Å².